The molecule has 0 saturated heterocycles. The largest absolute Gasteiger partial charge is 0.324 e. The van der Waals surface area contributed by atoms with Gasteiger partial charge in [0.05, 0.1) is 15.7 Å². The van der Waals surface area contributed by atoms with Gasteiger partial charge in [-0.3, -0.25) is 19.2 Å². The van der Waals surface area contributed by atoms with Crippen molar-refractivity contribution in [1.29, 1.82) is 0 Å². The average molecular weight is 686 g/mol. The number of azo groups is 2. The van der Waals surface area contributed by atoms with E-state index in [-0.39, 0.29) is 10.7 Å². The number of rotatable bonds is 11. The summed E-state index contributed by atoms with van der Waals surface area (Å²) in [5, 5.41) is 22.1. The van der Waals surface area contributed by atoms with Crippen LogP contribution in [-0.4, -0.2) is 35.5 Å². The number of hydrogen-bond acceptors (Lipinski definition) is 8. The van der Waals surface area contributed by atoms with Crippen LogP contribution >= 0.6 is 23.2 Å². The molecule has 0 aliphatic carbocycles. The van der Waals surface area contributed by atoms with Crippen molar-refractivity contribution in [2.45, 2.75) is 53.6 Å². The molecule has 0 aliphatic heterocycles. The van der Waals surface area contributed by atoms with Crippen LogP contribution in [0.1, 0.15) is 36.1 Å². The lowest BCUT2D eigenvalue weighted by Crippen LogP contribution is -2.31. The standard InChI is InChI=1S/C36H34Cl2N6O4/c1-19-11-20(2)14-27(13-19)39-35(47)33(23(5)45)43-41-26-9-7-25(8-10-26)29-17-31(38)32(18-30(29)37)42-44-34(24(6)46)36(48)40-28-15-21(3)12-22(4)16-28/h7-18,33-34H,1-6H3,(H,39,47)(H,40,48). The minimum Gasteiger partial charge on any atom is -0.324 e. The minimum atomic E-state index is -1.39. The monoisotopic (exact) mass is 684 g/mol. The Bertz CT molecular complexity index is 1920. The van der Waals surface area contributed by atoms with Crippen molar-refractivity contribution in [2.24, 2.45) is 20.5 Å². The molecular weight excluding hydrogens is 651 g/mol. The number of nitrogens with one attached hydrogen (secondary N) is 2. The van der Waals surface area contributed by atoms with Gasteiger partial charge in [-0.2, -0.15) is 20.5 Å². The molecule has 2 atom stereocenters. The molecule has 10 nitrogen and oxygen atoms in total. The van der Waals surface area contributed by atoms with Gasteiger partial charge in [0.15, 0.2) is 11.6 Å². The van der Waals surface area contributed by atoms with E-state index in [1.807, 2.05) is 39.8 Å². The number of benzene rings is 4. The van der Waals surface area contributed by atoms with Gasteiger partial charge in [0.1, 0.15) is 5.69 Å². The second kappa shape index (κ2) is 15.7. The van der Waals surface area contributed by atoms with Gasteiger partial charge < -0.3 is 10.6 Å². The number of halogens is 2. The van der Waals surface area contributed by atoms with E-state index in [9.17, 15) is 19.2 Å². The van der Waals surface area contributed by atoms with Crippen molar-refractivity contribution in [2.75, 3.05) is 10.6 Å². The molecule has 4 aromatic rings. The van der Waals surface area contributed by atoms with E-state index in [0.717, 1.165) is 22.3 Å². The van der Waals surface area contributed by atoms with Crippen molar-refractivity contribution in [3.8, 4) is 11.1 Å². The Hall–Kier alpha value is -5.06. The van der Waals surface area contributed by atoms with E-state index >= 15 is 0 Å². The van der Waals surface area contributed by atoms with E-state index in [4.69, 9.17) is 23.2 Å². The van der Waals surface area contributed by atoms with Gasteiger partial charge in [0.25, 0.3) is 11.8 Å². The summed E-state index contributed by atoms with van der Waals surface area (Å²) in [5.74, 6) is -2.15. The number of carbonyl (C=O) groups is 4. The number of ketones is 2. The van der Waals surface area contributed by atoms with Crippen molar-refractivity contribution >= 4 is 69.3 Å². The van der Waals surface area contributed by atoms with Crippen LogP contribution in [0.4, 0.5) is 22.7 Å². The van der Waals surface area contributed by atoms with Crippen LogP contribution < -0.4 is 10.6 Å². The van der Waals surface area contributed by atoms with Crippen LogP contribution in [0.2, 0.25) is 10.0 Å². The highest BCUT2D eigenvalue weighted by Gasteiger charge is 2.25. The molecule has 0 fully saturated rings. The fourth-order valence-corrected chi connectivity index (χ4v) is 5.41. The average Bonchev–Trinajstić information content (AvgIpc) is 2.98. The number of carbonyl (C=O) groups excluding carboxylic acids is 4. The zero-order valence-corrected chi connectivity index (χ0v) is 28.8. The molecule has 0 aromatic heterocycles. The summed E-state index contributed by atoms with van der Waals surface area (Å²) < 4.78 is 0. The summed E-state index contributed by atoms with van der Waals surface area (Å²) >= 11 is 13.1. The molecule has 4 aromatic carbocycles. The van der Waals surface area contributed by atoms with Crippen molar-refractivity contribution < 1.29 is 19.2 Å². The Balaban J connectivity index is 1.47. The predicted molar refractivity (Wildman–Crippen MR) is 189 cm³/mol. The van der Waals surface area contributed by atoms with Crippen LogP contribution in [0, 0.1) is 27.7 Å². The Morgan fingerprint density at radius 1 is 0.583 bits per heavy atom. The molecule has 0 saturated carbocycles. The first-order valence-corrected chi connectivity index (χ1v) is 15.7. The Kier molecular flexibility index (Phi) is 11.7. The van der Waals surface area contributed by atoms with E-state index in [2.05, 4.69) is 31.1 Å². The van der Waals surface area contributed by atoms with Crippen LogP contribution in [-0.2, 0) is 19.2 Å². The number of nitrogens with zero attached hydrogens (tertiary/aromatic N) is 4. The van der Waals surface area contributed by atoms with Gasteiger partial charge >= 0.3 is 0 Å². The molecule has 2 amide bonds. The normalized spacial score (nSPS) is 12.6. The van der Waals surface area contributed by atoms with Gasteiger partial charge in [0, 0.05) is 16.9 Å². The Morgan fingerprint density at radius 3 is 1.46 bits per heavy atom. The highest BCUT2D eigenvalue weighted by Crippen LogP contribution is 2.38. The van der Waals surface area contributed by atoms with E-state index < -0.39 is 35.5 Å². The molecule has 2 unspecified atom stereocenters. The van der Waals surface area contributed by atoms with E-state index in [0.29, 0.717) is 33.2 Å². The topological polar surface area (TPSA) is 142 Å². The third-order valence-corrected chi connectivity index (χ3v) is 7.65. The maximum atomic E-state index is 12.9. The fourth-order valence-electron chi connectivity index (χ4n) is 4.94. The molecule has 0 aliphatic rings. The van der Waals surface area contributed by atoms with Gasteiger partial charge in [-0.05, 0) is 118 Å². The lowest BCUT2D eigenvalue weighted by Gasteiger charge is -2.11. The first-order valence-electron chi connectivity index (χ1n) is 14.9. The maximum Gasteiger partial charge on any atom is 0.258 e. The van der Waals surface area contributed by atoms with Crippen LogP contribution in [0.5, 0.6) is 0 Å². The van der Waals surface area contributed by atoms with Crippen LogP contribution in [0.25, 0.3) is 11.1 Å². The zero-order chi connectivity index (χ0) is 35.1. The van der Waals surface area contributed by atoms with E-state index in [1.54, 1.807) is 54.6 Å². The number of amides is 2. The van der Waals surface area contributed by atoms with E-state index in [1.165, 1.54) is 19.9 Å². The number of Topliss-reactive ketones (excluding diaryl/α,β-unsaturated/α-hetero) is 2. The number of anilines is 2. The molecule has 246 valence electrons. The highest BCUT2D eigenvalue weighted by atomic mass is 35.5. The molecule has 0 radical (unpaired) electrons. The first kappa shape index (κ1) is 35.8. The summed E-state index contributed by atoms with van der Waals surface area (Å²) in [6, 6.07) is 18.3. The Morgan fingerprint density at radius 2 is 1.02 bits per heavy atom. The van der Waals surface area contributed by atoms with Crippen molar-refractivity contribution in [1.82, 2.24) is 0 Å². The third-order valence-electron chi connectivity index (χ3n) is 7.03. The van der Waals surface area contributed by atoms with Crippen molar-refractivity contribution in [3.05, 3.63) is 105 Å². The summed E-state index contributed by atoms with van der Waals surface area (Å²) in [6.45, 7) is 10.2. The van der Waals surface area contributed by atoms with Gasteiger partial charge in [-0.25, -0.2) is 0 Å². The minimum absolute atomic E-state index is 0.177. The Labute approximate surface area is 288 Å². The third kappa shape index (κ3) is 9.49. The lowest BCUT2D eigenvalue weighted by atomic mass is 10.0. The van der Waals surface area contributed by atoms with Crippen molar-refractivity contribution in [3.63, 3.8) is 0 Å². The first-order chi connectivity index (χ1) is 22.7. The number of hydrogen-bond donors (Lipinski definition) is 2. The molecule has 0 heterocycles. The summed E-state index contributed by atoms with van der Waals surface area (Å²) in [4.78, 5) is 50.2. The fraction of sp³-hybridized carbons (Fsp3) is 0.222. The lowest BCUT2D eigenvalue weighted by molar-refractivity contribution is -0.127. The molecule has 4 rings (SSSR count). The molecular formula is C36H34Cl2N6O4. The number of aryl methyl sites for hydroxylation is 4. The molecule has 0 spiro atoms. The summed E-state index contributed by atoms with van der Waals surface area (Å²) in [7, 11) is 0. The second-order valence-electron chi connectivity index (χ2n) is 11.5. The zero-order valence-electron chi connectivity index (χ0n) is 27.3. The molecule has 12 heteroatoms. The van der Waals surface area contributed by atoms with Gasteiger partial charge in [-0.1, -0.05) is 47.5 Å². The summed E-state index contributed by atoms with van der Waals surface area (Å²) in [6.07, 6.45) is 0. The molecule has 2 N–H and O–H groups in total. The van der Waals surface area contributed by atoms with Gasteiger partial charge in [-0.15, -0.1) is 0 Å². The van der Waals surface area contributed by atoms with Crippen LogP contribution in [0.15, 0.2) is 93.3 Å². The SMILES string of the molecule is CC(=O)C(N=Nc1ccc(-c2cc(Cl)c(N=NC(C(C)=O)C(=O)Nc3cc(C)cc(C)c3)cc2Cl)cc1)C(=O)Nc1cc(C)cc(C)c1. The smallest absolute Gasteiger partial charge is 0.258 e. The summed E-state index contributed by atoms with van der Waals surface area (Å²) in [5.41, 5.74) is 6.84. The quantitative estimate of drug-likeness (QED) is 0.120. The second-order valence-corrected chi connectivity index (χ2v) is 12.3. The molecule has 48 heavy (non-hydrogen) atoms. The maximum absolute atomic E-state index is 12.9. The molecule has 0 bridgehead atoms. The highest BCUT2D eigenvalue weighted by molar-refractivity contribution is 6.37. The van der Waals surface area contributed by atoms with Gasteiger partial charge in [0.2, 0.25) is 12.1 Å². The van der Waals surface area contributed by atoms with Crippen LogP contribution in [0.3, 0.4) is 0 Å². The predicted octanol–water partition coefficient (Wildman–Crippen LogP) is 9.25.